The van der Waals surface area contributed by atoms with Gasteiger partial charge in [0.1, 0.15) is 0 Å². The molecule has 124 valence electrons. The number of benzene rings is 2. The molecule has 1 N–H and O–H groups in total. The first-order valence-electron chi connectivity index (χ1n) is 7.68. The first-order chi connectivity index (χ1) is 11.7. The van der Waals surface area contributed by atoms with E-state index in [4.69, 9.17) is 9.47 Å². The number of hydrogen-bond donors (Lipinski definition) is 1. The second-order valence-electron chi connectivity index (χ2n) is 5.41. The predicted molar refractivity (Wildman–Crippen MR) is 90.1 cm³/mol. The predicted octanol–water partition coefficient (Wildman–Crippen LogP) is 2.78. The highest BCUT2D eigenvalue weighted by Crippen LogP contribution is 2.29. The van der Waals surface area contributed by atoms with Crippen molar-refractivity contribution < 1.29 is 19.0 Å². The van der Waals surface area contributed by atoms with Gasteiger partial charge in [0.2, 0.25) is 0 Å². The van der Waals surface area contributed by atoms with Gasteiger partial charge < -0.3 is 19.5 Å². The molecule has 0 amide bonds. The maximum Gasteiger partial charge on any atom is 0.194 e. The van der Waals surface area contributed by atoms with Gasteiger partial charge >= 0.3 is 0 Å². The SMILES string of the molecule is COc1cc(C#Cc2ccc(N3CCOCC3)cc2)cc(F)c1O. The Hall–Kier alpha value is -2.71. The van der Waals surface area contributed by atoms with Crippen LogP contribution in [0, 0.1) is 17.7 Å². The summed E-state index contributed by atoms with van der Waals surface area (Å²) in [5, 5.41) is 9.50. The number of aromatic hydroxyl groups is 1. The van der Waals surface area contributed by atoms with Gasteiger partial charge in [-0.1, -0.05) is 11.8 Å². The van der Waals surface area contributed by atoms with E-state index >= 15 is 0 Å². The van der Waals surface area contributed by atoms with Crippen molar-refractivity contribution in [3.8, 4) is 23.3 Å². The molecule has 1 fully saturated rings. The monoisotopic (exact) mass is 327 g/mol. The van der Waals surface area contributed by atoms with Crippen LogP contribution in [0.5, 0.6) is 11.5 Å². The summed E-state index contributed by atoms with van der Waals surface area (Å²) in [6.07, 6.45) is 0. The minimum absolute atomic E-state index is 0.0713. The molecule has 3 rings (SSSR count). The fourth-order valence-electron chi connectivity index (χ4n) is 2.52. The molecule has 4 nitrogen and oxygen atoms in total. The van der Waals surface area contributed by atoms with Crippen LogP contribution < -0.4 is 9.64 Å². The Bertz CT molecular complexity index is 772. The fourth-order valence-corrected chi connectivity index (χ4v) is 2.52. The first kappa shape index (κ1) is 16.2. The van der Waals surface area contributed by atoms with Crippen LogP contribution in [0.4, 0.5) is 10.1 Å². The van der Waals surface area contributed by atoms with Crippen molar-refractivity contribution in [3.05, 3.63) is 53.3 Å². The van der Waals surface area contributed by atoms with Crippen molar-refractivity contribution in [1.29, 1.82) is 0 Å². The third-order valence-corrected chi connectivity index (χ3v) is 3.84. The summed E-state index contributed by atoms with van der Waals surface area (Å²) in [5.41, 5.74) is 2.42. The van der Waals surface area contributed by atoms with Crippen LogP contribution in [0.1, 0.15) is 11.1 Å². The maximum atomic E-state index is 13.6. The number of rotatable bonds is 2. The molecule has 1 heterocycles. The minimum atomic E-state index is -0.749. The number of phenolic OH excluding ortho intramolecular Hbond substituents is 1. The third-order valence-electron chi connectivity index (χ3n) is 3.84. The van der Waals surface area contributed by atoms with Crippen LogP contribution in [0.15, 0.2) is 36.4 Å². The average Bonchev–Trinajstić information content (AvgIpc) is 2.63. The summed E-state index contributed by atoms with van der Waals surface area (Å²) >= 11 is 0. The van der Waals surface area contributed by atoms with Crippen molar-refractivity contribution in [2.24, 2.45) is 0 Å². The van der Waals surface area contributed by atoms with Crippen LogP contribution in [-0.2, 0) is 4.74 Å². The van der Waals surface area contributed by atoms with E-state index in [0.29, 0.717) is 5.56 Å². The largest absolute Gasteiger partial charge is 0.502 e. The number of methoxy groups -OCH3 is 1. The summed E-state index contributed by atoms with van der Waals surface area (Å²) in [6.45, 7) is 3.26. The maximum absolute atomic E-state index is 13.6. The molecule has 2 aromatic rings. The molecule has 1 saturated heterocycles. The average molecular weight is 327 g/mol. The minimum Gasteiger partial charge on any atom is -0.502 e. The number of halogens is 1. The molecular formula is C19H18FNO3. The molecule has 0 aliphatic carbocycles. The van der Waals surface area contributed by atoms with Gasteiger partial charge in [0.25, 0.3) is 0 Å². The Kier molecular flexibility index (Phi) is 4.88. The number of hydrogen-bond acceptors (Lipinski definition) is 4. The van der Waals surface area contributed by atoms with Gasteiger partial charge in [-0.05, 0) is 36.4 Å². The molecule has 1 aliphatic heterocycles. The van der Waals surface area contributed by atoms with E-state index < -0.39 is 11.6 Å². The molecule has 5 heteroatoms. The summed E-state index contributed by atoms with van der Waals surface area (Å²) < 4.78 is 23.9. The molecule has 0 atom stereocenters. The lowest BCUT2D eigenvalue weighted by Crippen LogP contribution is -2.36. The van der Waals surface area contributed by atoms with Crippen LogP contribution in [0.25, 0.3) is 0 Å². The van der Waals surface area contributed by atoms with Crippen LogP contribution in [0.3, 0.4) is 0 Å². The summed E-state index contributed by atoms with van der Waals surface area (Å²) in [4.78, 5) is 2.26. The molecule has 2 aromatic carbocycles. The van der Waals surface area contributed by atoms with Gasteiger partial charge in [-0.3, -0.25) is 0 Å². The summed E-state index contributed by atoms with van der Waals surface area (Å²) in [7, 11) is 1.37. The summed E-state index contributed by atoms with van der Waals surface area (Å²) in [5.74, 6) is 4.70. The zero-order valence-corrected chi connectivity index (χ0v) is 13.4. The highest BCUT2D eigenvalue weighted by Gasteiger charge is 2.11. The van der Waals surface area contributed by atoms with E-state index in [1.807, 2.05) is 24.3 Å². The van der Waals surface area contributed by atoms with Gasteiger partial charge in [0.05, 0.1) is 20.3 Å². The van der Waals surface area contributed by atoms with Crippen molar-refractivity contribution in [2.45, 2.75) is 0 Å². The zero-order valence-electron chi connectivity index (χ0n) is 13.4. The molecule has 1 aliphatic rings. The van der Waals surface area contributed by atoms with Gasteiger partial charge in [-0.25, -0.2) is 4.39 Å². The number of nitrogens with zero attached hydrogens (tertiary/aromatic N) is 1. The molecule has 0 aromatic heterocycles. The van der Waals surface area contributed by atoms with Crippen molar-refractivity contribution >= 4 is 5.69 Å². The van der Waals surface area contributed by atoms with Crippen molar-refractivity contribution in [1.82, 2.24) is 0 Å². The Morgan fingerprint density at radius 3 is 2.42 bits per heavy atom. The van der Waals surface area contributed by atoms with E-state index in [1.165, 1.54) is 19.2 Å². The Morgan fingerprint density at radius 2 is 1.75 bits per heavy atom. The quantitative estimate of drug-likeness (QED) is 0.861. The Labute approximate surface area is 140 Å². The lowest BCUT2D eigenvalue weighted by atomic mass is 10.1. The zero-order chi connectivity index (χ0) is 16.9. The fraction of sp³-hybridized carbons (Fsp3) is 0.263. The lowest BCUT2D eigenvalue weighted by molar-refractivity contribution is 0.122. The van der Waals surface area contributed by atoms with Gasteiger partial charge in [0.15, 0.2) is 17.3 Å². The molecule has 0 saturated carbocycles. The van der Waals surface area contributed by atoms with Gasteiger partial charge in [-0.15, -0.1) is 0 Å². The van der Waals surface area contributed by atoms with Crippen LogP contribution >= 0.6 is 0 Å². The molecule has 0 unspecified atom stereocenters. The van der Waals surface area contributed by atoms with E-state index in [0.717, 1.165) is 37.6 Å². The topological polar surface area (TPSA) is 41.9 Å². The first-order valence-corrected chi connectivity index (χ1v) is 7.68. The Balaban J connectivity index is 1.77. The van der Waals surface area contributed by atoms with E-state index in [-0.39, 0.29) is 5.75 Å². The lowest BCUT2D eigenvalue weighted by Gasteiger charge is -2.28. The highest BCUT2D eigenvalue weighted by molar-refractivity contribution is 5.54. The molecular weight excluding hydrogens is 309 g/mol. The standard InChI is InChI=1S/C19H18FNO3/c1-23-18-13-15(12-17(20)19(18)22)3-2-14-4-6-16(7-5-14)21-8-10-24-11-9-21/h4-7,12-13,22H,8-11H2,1H3. The van der Waals surface area contributed by atoms with Gasteiger partial charge in [-0.2, -0.15) is 0 Å². The molecule has 0 radical (unpaired) electrons. The molecule has 0 spiro atoms. The third kappa shape index (κ3) is 3.61. The number of ether oxygens (including phenoxy) is 2. The smallest absolute Gasteiger partial charge is 0.194 e. The van der Waals surface area contributed by atoms with E-state index in [1.54, 1.807) is 0 Å². The molecule has 24 heavy (non-hydrogen) atoms. The van der Waals surface area contributed by atoms with Crippen molar-refractivity contribution in [2.75, 3.05) is 38.3 Å². The van der Waals surface area contributed by atoms with Gasteiger partial charge in [0, 0.05) is 29.9 Å². The number of anilines is 1. The summed E-state index contributed by atoms with van der Waals surface area (Å²) in [6, 6.07) is 10.6. The number of morpholine rings is 1. The highest BCUT2D eigenvalue weighted by atomic mass is 19.1. The number of phenols is 1. The normalized spacial score (nSPS) is 14.0. The second kappa shape index (κ2) is 7.24. The van der Waals surface area contributed by atoms with Crippen LogP contribution in [0.2, 0.25) is 0 Å². The Morgan fingerprint density at radius 1 is 1.08 bits per heavy atom. The van der Waals surface area contributed by atoms with Crippen molar-refractivity contribution in [3.63, 3.8) is 0 Å². The van der Waals surface area contributed by atoms with E-state index in [2.05, 4.69) is 16.7 Å². The van der Waals surface area contributed by atoms with Crippen LogP contribution in [-0.4, -0.2) is 38.5 Å². The second-order valence-corrected chi connectivity index (χ2v) is 5.41. The van der Waals surface area contributed by atoms with E-state index in [9.17, 15) is 9.50 Å². The molecule has 0 bridgehead atoms.